The van der Waals surface area contributed by atoms with Crippen LogP contribution in [-0.2, 0) is 4.79 Å². The number of anilines is 1. The fraction of sp³-hybridized carbons (Fsp3) is 0.538. The summed E-state index contributed by atoms with van der Waals surface area (Å²) in [4.78, 5) is 29.3. The van der Waals surface area contributed by atoms with E-state index < -0.39 is 0 Å². The van der Waals surface area contributed by atoms with Gasteiger partial charge in [-0.25, -0.2) is 15.0 Å². The second kappa shape index (κ2) is 5.85. The number of nitrogens with zero attached hydrogens (tertiary/aromatic N) is 4. The number of rotatable bonds is 4. The normalized spacial score (nSPS) is 15.5. The average molecular weight is 274 g/mol. The molecule has 20 heavy (non-hydrogen) atoms. The average Bonchev–Trinajstić information content (AvgIpc) is 2.97. The van der Waals surface area contributed by atoms with Crippen LogP contribution in [0.5, 0.6) is 0 Å². The molecule has 3 heterocycles. The van der Waals surface area contributed by atoms with E-state index in [4.69, 9.17) is 0 Å². The van der Waals surface area contributed by atoms with Gasteiger partial charge in [0.25, 0.3) is 0 Å². The molecule has 0 aromatic carbocycles. The van der Waals surface area contributed by atoms with Crippen LogP contribution in [0.3, 0.4) is 0 Å². The number of amides is 1. The van der Waals surface area contributed by atoms with Crippen LogP contribution in [0, 0.1) is 0 Å². The number of imidazole rings is 1. The summed E-state index contributed by atoms with van der Waals surface area (Å²) in [7, 11) is 0. The molecule has 1 aliphatic rings. The molecule has 7 heteroatoms. The lowest BCUT2D eigenvalue weighted by Gasteiger charge is -2.26. The Kier molecular flexibility index (Phi) is 3.76. The van der Waals surface area contributed by atoms with E-state index in [1.165, 1.54) is 12.7 Å². The Morgan fingerprint density at radius 1 is 1.25 bits per heavy atom. The first-order valence-electron chi connectivity index (χ1n) is 7.00. The number of nitrogens with one attached hydrogen (secondary N) is 2. The van der Waals surface area contributed by atoms with Crippen molar-refractivity contribution >= 4 is 22.9 Å². The van der Waals surface area contributed by atoms with Gasteiger partial charge in [0.2, 0.25) is 5.91 Å². The van der Waals surface area contributed by atoms with Crippen LogP contribution in [0.2, 0.25) is 0 Å². The van der Waals surface area contributed by atoms with Crippen LogP contribution in [0.4, 0.5) is 5.82 Å². The highest BCUT2D eigenvalue weighted by Crippen LogP contribution is 2.14. The minimum atomic E-state index is 0.215. The third kappa shape index (κ3) is 2.71. The van der Waals surface area contributed by atoms with Crippen LogP contribution in [-0.4, -0.2) is 50.4 Å². The van der Waals surface area contributed by atoms with E-state index in [1.54, 1.807) is 6.33 Å². The van der Waals surface area contributed by atoms with Gasteiger partial charge in [0.05, 0.1) is 6.33 Å². The monoisotopic (exact) mass is 274 g/mol. The molecule has 2 aromatic heterocycles. The molecule has 7 nitrogen and oxygen atoms in total. The third-order valence-electron chi connectivity index (χ3n) is 3.56. The van der Waals surface area contributed by atoms with Gasteiger partial charge in [-0.1, -0.05) is 0 Å². The Labute approximate surface area is 116 Å². The second-order valence-electron chi connectivity index (χ2n) is 4.94. The SMILES string of the molecule is O=C(CCNc1ncnc2nc[nH]c12)N1CCCCC1. The van der Waals surface area contributed by atoms with Crippen molar-refractivity contribution in [2.45, 2.75) is 25.7 Å². The summed E-state index contributed by atoms with van der Waals surface area (Å²) in [6, 6.07) is 0. The number of piperidine rings is 1. The molecule has 0 atom stereocenters. The maximum absolute atomic E-state index is 12.0. The largest absolute Gasteiger partial charge is 0.368 e. The summed E-state index contributed by atoms with van der Waals surface area (Å²) < 4.78 is 0. The van der Waals surface area contributed by atoms with Crippen molar-refractivity contribution in [1.29, 1.82) is 0 Å². The fourth-order valence-corrected chi connectivity index (χ4v) is 2.49. The Morgan fingerprint density at radius 2 is 2.10 bits per heavy atom. The van der Waals surface area contributed by atoms with E-state index in [-0.39, 0.29) is 5.91 Å². The van der Waals surface area contributed by atoms with Crippen LogP contribution in [0.15, 0.2) is 12.7 Å². The van der Waals surface area contributed by atoms with Gasteiger partial charge in [0.15, 0.2) is 11.5 Å². The summed E-state index contributed by atoms with van der Waals surface area (Å²) in [6.07, 6.45) is 7.03. The van der Waals surface area contributed by atoms with Gasteiger partial charge in [0.1, 0.15) is 11.8 Å². The molecule has 1 saturated heterocycles. The Hall–Kier alpha value is -2.18. The molecule has 0 unspecified atom stereocenters. The van der Waals surface area contributed by atoms with Crippen molar-refractivity contribution in [3.8, 4) is 0 Å². The van der Waals surface area contributed by atoms with Crippen molar-refractivity contribution in [1.82, 2.24) is 24.8 Å². The highest BCUT2D eigenvalue weighted by atomic mass is 16.2. The first-order valence-corrected chi connectivity index (χ1v) is 7.00. The summed E-state index contributed by atoms with van der Waals surface area (Å²) in [5.41, 5.74) is 1.41. The zero-order chi connectivity index (χ0) is 13.8. The smallest absolute Gasteiger partial charge is 0.224 e. The number of likely N-dealkylation sites (tertiary alicyclic amines) is 1. The lowest BCUT2D eigenvalue weighted by atomic mass is 10.1. The van der Waals surface area contributed by atoms with E-state index >= 15 is 0 Å². The van der Waals surface area contributed by atoms with Crippen molar-refractivity contribution in [3.05, 3.63) is 12.7 Å². The van der Waals surface area contributed by atoms with Crippen LogP contribution >= 0.6 is 0 Å². The molecule has 2 aromatic rings. The second-order valence-corrected chi connectivity index (χ2v) is 4.94. The van der Waals surface area contributed by atoms with E-state index in [2.05, 4.69) is 25.3 Å². The summed E-state index contributed by atoms with van der Waals surface area (Å²) >= 11 is 0. The number of aromatic amines is 1. The number of fused-ring (bicyclic) bond motifs is 1. The molecule has 0 saturated carbocycles. The molecule has 1 fully saturated rings. The summed E-state index contributed by atoms with van der Waals surface area (Å²) in [5, 5.41) is 3.17. The Morgan fingerprint density at radius 3 is 2.95 bits per heavy atom. The quantitative estimate of drug-likeness (QED) is 0.874. The lowest BCUT2D eigenvalue weighted by molar-refractivity contribution is -0.131. The Bertz CT molecular complexity index is 589. The van der Waals surface area contributed by atoms with Gasteiger partial charge in [0, 0.05) is 26.1 Å². The van der Waals surface area contributed by atoms with E-state index in [9.17, 15) is 4.79 Å². The van der Waals surface area contributed by atoms with Gasteiger partial charge >= 0.3 is 0 Å². The molecular formula is C13H18N6O. The number of H-pyrrole nitrogens is 1. The highest BCUT2D eigenvalue weighted by Gasteiger charge is 2.16. The lowest BCUT2D eigenvalue weighted by Crippen LogP contribution is -2.36. The molecule has 0 bridgehead atoms. The minimum absolute atomic E-state index is 0.215. The summed E-state index contributed by atoms with van der Waals surface area (Å²) in [6.45, 7) is 2.37. The maximum Gasteiger partial charge on any atom is 0.224 e. The number of carbonyl (C=O) groups excluding carboxylic acids is 1. The topological polar surface area (TPSA) is 86.8 Å². The molecular weight excluding hydrogens is 256 g/mol. The molecule has 106 valence electrons. The minimum Gasteiger partial charge on any atom is -0.368 e. The molecule has 0 spiro atoms. The molecule has 2 N–H and O–H groups in total. The van der Waals surface area contributed by atoms with Crippen molar-refractivity contribution in [2.75, 3.05) is 25.0 Å². The predicted octanol–water partition coefficient (Wildman–Crippen LogP) is 1.17. The van der Waals surface area contributed by atoms with Crippen LogP contribution < -0.4 is 5.32 Å². The first kappa shape index (κ1) is 12.8. The number of carbonyl (C=O) groups is 1. The standard InChI is InChI=1S/C13H18N6O/c20-10(19-6-2-1-3-7-19)4-5-14-12-11-13(16-8-15-11)18-9-17-12/h8-9H,1-7H2,(H2,14,15,16,17,18). The number of hydrogen-bond acceptors (Lipinski definition) is 5. The van der Waals surface area contributed by atoms with Gasteiger partial charge in [-0.2, -0.15) is 0 Å². The van der Waals surface area contributed by atoms with Crippen molar-refractivity contribution in [2.24, 2.45) is 0 Å². The van der Waals surface area contributed by atoms with Crippen LogP contribution in [0.25, 0.3) is 11.2 Å². The van der Waals surface area contributed by atoms with Crippen LogP contribution in [0.1, 0.15) is 25.7 Å². The zero-order valence-corrected chi connectivity index (χ0v) is 11.3. The van der Waals surface area contributed by atoms with Crippen molar-refractivity contribution < 1.29 is 4.79 Å². The van der Waals surface area contributed by atoms with E-state index in [1.807, 2.05) is 4.90 Å². The molecule has 0 radical (unpaired) electrons. The van der Waals surface area contributed by atoms with Gasteiger partial charge < -0.3 is 15.2 Å². The molecule has 1 aliphatic heterocycles. The van der Waals surface area contributed by atoms with Gasteiger partial charge in [-0.3, -0.25) is 4.79 Å². The first-order chi connectivity index (χ1) is 9.84. The molecule has 1 amide bonds. The Balaban J connectivity index is 1.54. The summed E-state index contributed by atoms with van der Waals surface area (Å²) in [5.74, 6) is 0.908. The van der Waals surface area contributed by atoms with Gasteiger partial charge in [-0.15, -0.1) is 0 Å². The predicted molar refractivity (Wildman–Crippen MR) is 75.2 cm³/mol. The number of hydrogen-bond donors (Lipinski definition) is 2. The van der Waals surface area contributed by atoms with E-state index in [0.29, 0.717) is 24.4 Å². The fourth-order valence-electron chi connectivity index (χ4n) is 2.49. The van der Waals surface area contributed by atoms with Gasteiger partial charge in [-0.05, 0) is 19.3 Å². The highest BCUT2D eigenvalue weighted by molar-refractivity contribution is 5.82. The van der Waals surface area contributed by atoms with E-state index in [0.717, 1.165) is 31.4 Å². The molecule has 0 aliphatic carbocycles. The maximum atomic E-state index is 12.0. The third-order valence-corrected chi connectivity index (χ3v) is 3.56. The van der Waals surface area contributed by atoms with Crippen molar-refractivity contribution in [3.63, 3.8) is 0 Å². The zero-order valence-electron chi connectivity index (χ0n) is 11.3. The molecule has 3 rings (SSSR count). The number of aromatic nitrogens is 4.